The van der Waals surface area contributed by atoms with Crippen molar-refractivity contribution < 1.29 is 29.3 Å². The van der Waals surface area contributed by atoms with Crippen LogP contribution in [0.5, 0.6) is 0 Å². The van der Waals surface area contributed by atoms with E-state index in [4.69, 9.17) is 9.47 Å². The minimum atomic E-state index is -1.20. The van der Waals surface area contributed by atoms with Gasteiger partial charge in [-0.25, -0.2) is 0 Å². The Bertz CT molecular complexity index is 980. The van der Waals surface area contributed by atoms with Gasteiger partial charge < -0.3 is 19.7 Å². The van der Waals surface area contributed by atoms with Gasteiger partial charge in [-0.3, -0.25) is 9.59 Å². The predicted octanol–water partition coefficient (Wildman–Crippen LogP) is 4.28. The van der Waals surface area contributed by atoms with Crippen molar-refractivity contribution in [1.82, 2.24) is 0 Å². The van der Waals surface area contributed by atoms with Crippen molar-refractivity contribution in [2.45, 2.75) is 109 Å². The number of allylic oxidation sites excluding steroid dienone is 4. The van der Waals surface area contributed by atoms with Crippen LogP contribution in [0.25, 0.3) is 0 Å². The van der Waals surface area contributed by atoms with Crippen molar-refractivity contribution in [1.29, 1.82) is 0 Å². The van der Waals surface area contributed by atoms with Crippen LogP contribution in [0.4, 0.5) is 0 Å². The highest BCUT2D eigenvalue weighted by Gasteiger charge is 2.75. The zero-order valence-corrected chi connectivity index (χ0v) is 21.8. The quantitative estimate of drug-likeness (QED) is 0.588. The summed E-state index contributed by atoms with van der Waals surface area (Å²) in [5, 5.41) is 21.8. The van der Waals surface area contributed by atoms with Crippen molar-refractivity contribution in [3.05, 3.63) is 23.8 Å². The number of hydrogen-bond donors (Lipinski definition) is 2. The second kappa shape index (κ2) is 8.86. The summed E-state index contributed by atoms with van der Waals surface area (Å²) in [6.45, 7) is 3.69. The van der Waals surface area contributed by atoms with Crippen LogP contribution in [0.1, 0.15) is 84.5 Å². The summed E-state index contributed by atoms with van der Waals surface area (Å²) in [6.07, 6.45) is 15.1. The third-order valence-corrected chi connectivity index (χ3v) is 11.4. The Kier molecular flexibility index (Phi) is 6.14. The van der Waals surface area contributed by atoms with Crippen LogP contribution in [0.15, 0.2) is 23.8 Å². The fourth-order valence-corrected chi connectivity index (χ4v) is 9.73. The molecular weight excluding hydrogens is 456 g/mol. The van der Waals surface area contributed by atoms with E-state index in [0.717, 1.165) is 31.3 Å². The Labute approximate surface area is 214 Å². The van der Waals surface area contributed by atoms with Crippen molar-refractivity contribution in [2.75, 3.05) is 6.61 Å². The number of Topliss-reactive ketones (excluding diaryl/α,β-unsaturated/α-hetero) is 1. The average molecular weight is 499 g/mol. The monoisotopic (exact) mass is 498 g/mol. The highest BCUT2D eigenvalue weighted by atomic mass is 16.7. The second-order valence-corrected chi connectivity index (χ2v) is 13.0. The summed E-state index contributed by atoms with van der Waals surface area (Å²) in [7, 11) is 0. The normalized spacial score (nSPS) is 48.1. The highest BCUT2D eigenvalue weighted by molar-refractivity contribution is 6.01. The van der Waals surface area contributed by atoms with E-state index in [1.165, 1.54) is 32.1 Å². The van der Waals surface area contributed by atoms with Crippen molar-refractivity contribution in [3.8, 4) is 0 Å². The highest BCUT2D eigenvalue weighted by Crippen LogP contribution is 2.69. The predicted molar refractivity (Wildman–Crippen MR) is 134 cm³/mol. The number of hydrogen-bond acceptors (Lipinski definition) is 6. The van der Waals surface area contributed by atoms with Crippen LogP contribution in [0.2, 0.25) is 0 Å². The summed E-state index contributed by atoms with van der Waals surface area (Å²) in [5.41, 5.74) is -1.05. The molecule has 9 atom stereocenters. The van der Waals surface area contributed by atoms with Gasteiger partial charge in [-0.15, -0.1) is 0 Å². The first kappa shape index (κ1) is 25.0. The van der Waals surface area contributed by atoms with Crippen LogP contribution < -0.4 is 0 Å². The molecule has 6 heteroatoms. The summed E-state index contributed by atoms with van der Waals surface area (Å²) in [5.74, 6) is 0.768. The molecule has 1 saturated heterocycles. The second-order valence-electron chi connectivity index (χ2n) is 13.0. The largest absolute Gasteiger partial charge is 0.393 e. The molecule has 6 aliphatic rings. The van der Waals surface area contributed by atoms with E-state index in [2.05, 4.69) is 13.8 Å². The van der Waals surface area contributed by atoms with E-state index < -0.39 is 30.0 Å². The Morgan fingerprint density at radius 3 is 2.67 bits per heavy atom. The molecule has 4 saturated carbocycles. The van der Waals surface area contributed by atoms with E-state index in [-0.39, 0.29) is 40.8 Å². The molecule has 6 rings (SSSR count). The van der Waals surface area contributed by atoms with Crippen LogP contribution >= 0.6 is 0 Å². The van der Waals surface area contributed by atoms with Gasteiger partial charge in [-0.05, 0) is 68.4 Å². The molecule has 5 fully saturated rings. The first-order valence-corrected chi connectivity index (χ1v) is 14.3. The average Bonchev–Trinajstić information content (AvgIpc) is 3.35. The summed E-state index contributed by atoms with van der Waals surface area (Å²) in [6, 6.07) is 0. The molecule has 1 heterocycles. The first-order valence-electron chi connectivity index (χ1n) is 14.3. The van der Waals surface area contributed by atoms with Crippen LogP contribution in [-0.4, -0.2) is 52.5 Å². The lowest BCUT2D eigenvalue weighted by atomic mass is 9.46. The molecule has 0 aromatic heterocycles. The standard InChI is InChI=1S/C30H42O6/c1-28-13-12-20(32)14-19(28)9-10-21-22-15-25-30(24(34)17-31,29(22,2)16-23(33)27(21)28)36-26(35-25)11-8-18-6-4-3-5-7-18/h12-14,18,21-23,25-27,31,33H,3-11,15-17H2,1-2H3/t21-,22-,23-,25+,26?,27+,28-,29-,30+/m0/s1. The molecule has 1 aliphatic heterocycles. The summed E-state index contributed by atoms with van der Waals surface area (Å²) >= 11 is 0. The third-order valence-electron chi connectivity index (χ3n) is 11.4. The Morgan fingerprint density at radius 1 is 1.14 bits per heavy atom. The fraction of sp³-hybridized carbons (Fsp3) is 0.800. The van der Waals surface area contributed by atoms with Gasteiger partial charge in [-0.1, -0.05) is 57.6 Å². The van der Waals surface area contributed by atoms with E-state index in [1.807, 2.05) is 6.08 Å². The number of aliphatic hydroxyl groups excluding tert-OH is 2. The van der Waals surface area contributed by atoms with E-state index in [0.29, 0.717) is 18.8 Å². The lowest BCUT2D eigenvalue weighted by Crippen LogP contribution is -2.63. The topological polar surface area (TPSA) is 93.1 Å². The molecule has 6 nitrogen and oxygen atoms in total. The zero-order chi connectivity index (χ0) is 25.3. The minimum absolute atomic E-state index is 0.0119. The van der Waals surface area contributed by atoms with Crippen LogP contribution in [-0.2, 0) is 19.1 Å². The maximum absolute atomic E-state index is 13.5. The van der Waals surface area contributed by atoms with E-state index in [1.54, 1.807) is 12.2 Å². The molecular formula is C30H42O6. The van der Waals surface area contributed by atoms with Gasteiger partial charge in [0.1, 0.15) is 6.61 Å². The number of carbonyl (C=O) groups is 2. The smallest absolute Gasteiger partial charge is 0.193 e. The molecule has 2 N–H and O–H groups in total. The number of ether oxygens (including phenoxy) is 2. The van der Waals surface area contributed by atoms with Crippen molar-refractivity contribution in [3.63, 3.8) is 0 Å². The van der Waals surface area contributed by atoms with Gasteiger partial charge in [0.05, 0.1) is 12.2 Å². The number of rotatable bonds is 5. The molecule has 0 spiro atoms. The third kappa shape index (κ3) is 3.43. The molecule has 1 unspecified atom stereocenters. The SMILES string of the molecule is C[C@]12C=CC(=O)C=C1CC[C@@H]1[C@@H]2[C@@H](O)C[C@@]2(C)[C@H]1C[C@H]1OC(CCC3CCCCC3)O[C@]12C(=O)CO. The first-order chi connectivity index (χ1) is 17.2. The lowest BCUT2D eigenvalue weighted by molar-refractivity contribution is -0.200. The molecule has 0 aromatic rings. The molecule has 0 aromatic carbocycles. The van der Waals surface area contributed by atoms with Gasteiger partial charge in [0, 0.05) is 16.7 Å². The fourth-order valence-electron chi connectivity index (χ4n) is 9.73. The number of aliphatic hydroxyl groups is 2. The molecule has 36 heavy (non-hydrogen) atoms. The summed E-state index contributed by atoms with van der Waals surface area (Å²) in [4.78, 5) is 25.6. The van der Waals surface area contributed by atoms with Gasteiger partial charge in [-0.2, -0.15) is 0 Å². The molecule has 198 valence electrons. The van der Waals surface area contributed by atoms with E-state index >= 15 is 0 Å². The number of fused-ring (bicyclic) bond motifs is 7. The maximum Gasteiger partial charge on any atom is 0.193 e. The van der Waals surface area contributed by atoms with Gasteiger partial charge >= 0.3 is 0 Å². The molecule has 5 aliphatic carbocycles. The summed E-state index contributed by atoms with van der Waals surface area (Å²) < 4.78 is 13.2. The number of carbonyl (C=O) groups excluding carboxylic acids is 2. The van der Waals surface area contributed by atoms with Crippen molar-refractivity contribution in [2.24, 2.45) is 34.5 Å². The Morgan fingerprint density at radius 2 is 1.92 bits per heavy atom. The van der Waals surface area contributed by atoms with Crippen molar-refractivity contribution >= 4 is 11.6 Å². The minimum Gasteiger partial charge on any atom is -0.393 e. The van der Waals surface area contributed by atoms with Crippen LogP contribution in [0.3, 0.4) is 0 Å². The van der Waals surface area contributed by atoms with Gasteiger partial charge in [0.2, 0.25) is 0 Å². The zero-order valence-electron chi connectivity index (χ0n) is 21.8. The lowest BCUT2D eigenvalue weighted by Gasteiger charge is -2.59. The Hall–Kier alpha value is -1.34. The molecule has 0 bridgehead atoms. The Balaban J connectivity index is 1.28. The molecule has 0 radical (unpaired) electrons. The molecule has 0 amide bonds. The van der Waals surface area contributed by atoms with E-state index in [9.17, 15) is 19.8 Å². The van der Waals surface area contributed by atoms with Crippen LogP contribution in [0, 0.1) is 34.5 Å². The van der Waals surface area contributed by atoms with Gasteiger partial charge in [0.25, 0.3) is 0 Å². The van der Waals surface area contributed by atoms with Gasteiger partial charge in [0.15, 0.2) is 23.5 Å². The maximum atomic E-state index is 13.5. The number of ketones is 2.